The van der Waals surface area contributed by atoms with Gasteiger partial charge in [-0.3, -0.25) is 9.69 Å². The van der Waals surface area contributed by atoms with Crippen LogP contribution in [0.5, 0.6) is 0 Å². The molecule has 3 amide bonds. The number of hydrogen-bond donors (Lipinski definition) is 3. The molecule has 2 aliphatic rings. The minimum absolute atomic E-state index is 0.101. The molecular formula is C42H49N7O5. The van der Waals surface area contributed by atoms with Gasteiger partial charge in [0, 0.05) is 18.7 Å². The summed E-state index contributed by atoms with van der Waals surface area (Å²) >= 11 is 0. The zero-order valence-electron chi connectivity index (χ0n) is 31.8. The van der Waals surface area contributed by atoms with Crippen LogP contribution in [0, 0.1) is 5.92 Å². The predicted octanol–water partition coefficient (Wildman–Crippen LogP) is 8.40. The molecular weight excluding hydrogens is 683 g/mol. The summed E-state index contributed by atoms with van der Waals surface area (Å²) in [6.45, 7) is 10.7. The molecule has 12 nitrogen and oxygen atoms in total. The van der Waals surface area contributed by atoms with Crippen LogP contribution in [0.3, 0.4) is 0 Å². The second-order valence-electron chi connectivity index (χ2n) is 15.5. The molecule has 0 saturated carbocycles. The van der Waals surface area contributed by atoms with E-state index in [1.165, 1.54) is 7.11 Å². The highest BCUT2D eigenvalue weighted by molar-refractivity contribution is 6.04. The van der Waals surface area contributed by atoms with E-state index < -0.39 is 17.7 Å². The first-order chi connectivity index (χ1) is 25.9. The fourth-order valence-electron chi connectivity index (χ4n) is 7.69. The highest BCUT2D eigenvalue weighted by atomic mass is 16.6. The zero-order chi connectivity index (χ0) is 38.1. The molecule has 2 aromatic heterocycles. The Labute approximate surface area is 315 Å². The van der Waals surface area contributed by atoms with Crippen molar-refractivity contribution in [2.75, 3.05) is 20.2 Å². The maximum absolute atomic E-state index is 13.6. The van der Waals surface area contributed by atoms with Gasteiger partial charge < -0.3 is 29.7 Å². The van der Waals surface area contributed by atoms with E-state index in [9.17, 15) is 14.4 Å². The van der Waals surface area contributed by atoms with Crippen molar-refractivity contribution in [1.82, 2.24) is 35.1 Å². The smallest absolute Gasteiger partial charge is 0.410 e. The van der Waals surface area contributed by atoms with E-state index in [1.54, 1.807) is 4.90 Å². The van der Waals surface area contributed by atoms with Gasteiger partial charge in [0.1, 0.15) is 23.3 Å². The summed E-state index contributed by atoms with van der Waals surface area (Å²) < 4.78 is 10.5. The molecule has 3 aromatic carbocycles. The SMILES string of the molecule is COC(=O)NC(C(=O)N1CCC[C@H]1c1ncc(-c2ccc(-c3ccc(-c4cnc([C@@H]5CCCN5C(=O)OC(C)(C)C)[nH]4)c4ccccc34)cc2)[nH]1)C(C)C. The van der Waals surface area contributed by atoms with Gasteiger partial charge in [0.15, 0.2) is 0 Å². The van der Waals surface area contributed by atoms with Gasteiger partial charge >= 0.3 is 12.2 Å². The largest absolute Gasteiger partial charge is 0.453 e. The number of nitrogens with one attached hydrogen (secondary N) is 3. The first-order valence-electron chi connectivity index (χ1n) is 18.8. The summed E-state index contributed by atoms with van der Waals surface area (Å²) in [6.07, 6.45) is 6.11. The number of aromatic amines is 2. The topological polar surface area (TPSA) is 146 Å². The van der Waals surface area contributed by atoms with Crippen molar-refractivity contribution in [3.63, 3.8) is 0 Å². The fourth-order valence-corrected chi connectivity index (χ4v) is 7.69. The van der Waals surface area contributed by atoms with Crippen molar-refractivity contribution < 1.29 is 23.9 Å². The lowest BCUT2D eigenvalue weighted by atomic mass is 9.93. The van der Waals surface area contributed by atoms with Crippen molar-refractivity contribution in [3.05, 3.63) is 84.7 Å². The number of benzene rings is 3. The average Bonchev–Trinajstić information content (AvgIpc) is 3.99. The minimum atomic E-state index is -0.684. The van der Waals surface area contributed by atoms with E-state index in [2.05, 4.69) is 69.9 Å². The number of H-pyrrole nitrogens is 2. The Morgan fingerprint density at radius 2 is 1.33 bits per heavy atom. The van der Waals surface area contributed by atoms with Crippen LogP contribution in [0.4, 0.5) is 9.59 Å². The normalized spacial score (nSPS) is 18.0. The highest BCUT2D eigenvalue weighted by Crippen LogP contribution is 2.38. The molecule has 12 heteroatoms. The molecule has 3 atom stereocenters. The van der Waals surface area contributed by atoms with Crippen LogP contribution in [0.15, 0.2) is 73.1 Å². The molecule has 0 bridgehead atoms. The highest BCUT2D eigenvalue weighted by Gasteiger charge is 2.38. The van der Waals surface area contributed by atoms with Crippen LogP contribution in [0.1, 0.15) is 84.0 Å². The fraction of sp³-hybridized carbons (Fsp3) is 0.405. The first kappa shape index (κ1) is 36.7. The van der Waals surface area contributed by atoms with Crippen molar-refractivity contribution in [2.24, 2.45) is 5.92 Å². The number of carbonyl (C=O) groups excluding carboxylic acids is 3. The number of imidazole rings is 2. The van der Waals surface area contributed by atoms with Crippen LogP contribution in [0.25, 0.3) is 44.4 Å². The van der Waals surface area contributed by atoms with E-state index in [0.717, 1.165) is 81.7 Å². The Bertz CT molecular complexity index is 2150. The quantitative estimate of drug-likeness (QED) is 0.145. The lowest BCUT2D eigenvalue weighted by molar-refractivity contribution is -0.135. The number of hydrogen-bond acceptors (Lipinski definition) is 7. The number of carbonyl (C=O) groups is 3. The number of rotatable bonds is 8. The van der Waals surface area contributed by atoms with Crippen molar-refractivity contribution in [2.45, 2.75) is 84.0 Å². The van der Waals surface area contributed by atoms with Gasteiger partial charge in [-0.05, 0) is 79.8 Å². The molecule has 2 fully saturated rings. The molecule has 0 spiro atoms. The van der Waals surface area contributed by atoms with Crippen molar-refractivity contribution in [3.8, 4) is 33.6 Å². The summed E-state index contributed by atoms with van der Waals surface area (Å²) in [5.74, 6) is 1.26. The van der Waals surface area contributed by atoms with Gasteiger partial charge in [-0.25, -0.2) is 19.6 Å². The monoisotopic (exact) mass is 731 g/mol. The molecule has 0 radical (unpaired) electrons. The van der Waals surface area contributed by atoms with Crippen molar-refractivity contribution >= 4 is 28.9 Å². The zero-order valence-corrected chi connectivity index (χ0v) is 31.8. The number of nitrogens with zero attached hydrogens (tertiary/aromatic N) is 4. The molecule has 3 N–H and O–H groups in total. The summed E-state index contributed by atoms with van der Waals surface area (Å²) in [5.41, 5.74) is 5.42. The maximum Gasteiger partial charge on any atom is 0.410 e. The van der Waals surface area contributed by atoms with Crippen LogP contribution in [0.2, 0.25) is 0 Å². The number of methoxy groups -OCH3 is 1. The summed E-state index contributed by atoms with van der Waals surface area (Å²) in [4.78, 5) is 58.6. The number of ether oxygens (including phenoxy) is 2. The molecule has 54 heavy (non-hydrogen) atoms. The molecule has 4 heterocycles. The Hall–Kier alpha value is -5.65. The van der Waals surface area contributed by atoms with Gasteiger partial charge in [-0.2, -0.15) is 0 Å². The maximum atomic E-state index is 13.6. The lowest BCUT2D eigenvalue weighted by Gasteiger charge is -2.30. The third-order valence-corrected chi connectivity index (χ3v) is 10.4. The van der Waals surface area contributed by atoms with Crippen LogP contribution in [-0.2, 0) is 14.3 Å². The van der Waals surface area contributed by atoms with Gasteiger partial charge in [0.2, 0.25) is 5.91 Å². The van der Waals surface area contributed by atoms with E-state index in [0.29, 0.717) is 13.1 Å². The van der Waals surface area contributed by atoms with Crippen molar-refractivity contribution in [1.29, 1.82) is 0 Å². The number of aromatic nitrogens is 4. The molecule has 0 aliphatic carbocycles. The Balaban J connectivity index is 1.10. The second-order valence-corrected chi connectivity index (χ2v) is 15.5. The van der Waals surface area contributed by atoms with Gasteiger partial charge in [-0.1, -0.05) is 74.5 Å². The first-order valence-corrected chi connectivity index (χ1v) is 18.8. The lowest BCUT2D eigenvalue weighted by Crippen LogP contribution is -2.51. The van der Waals surface area contributed by atoms with Crippen LogP contribution < -0.4 is 5.32 Å². The standard InChI is InChI=1S/C42H49N7O5/c1-25(2)36(47-40(51)53-6)39(50)48-21-9-13-34(48)37-43-23-32(45-37)27-17-15-26(16-18-27)28-19-20-31(30-12-8-7-11-29(28)30)33-24-44-38(46-33)35-14-10-22-49(35)41(52)54-42(3,4)5/h7-8,11-12,15-20,23-25,34-36H,9-10,13-14,21-22H2,1-6H3,(H,43,45)(H,44,46)(H,47,51)/t34-,35-,36?/m0/s1. The predicted molar refractivity (Wildman–Crippen MR) is 207 cm³/mol. The van der Waals surface area contributed by atoms with E-state index in [4.69, 9.17) is 19.4 Å². The average molecular weight is 732 g/mol. The summed E-state index contributed by atoms with van der Waals surface area (Å²) in [5, 5.41) is 4.92. The summed E-state index contributed by atoms with van der Waals surface area (Å²) in [6, 6.07) is 20.0. The molecule has 5 aromatic rings. The third kappa shape index (κ3) is 7.42. The third-order valence-electron chi connectivity index (χ3n) is 10.4. The van der Waals surface area contributed by atoms with E-state index in [-0.39, 0.29) is 30.0 Å². The minimum Gasteiger partial charge on any atom is -0.453 e. The molecule has 2 saturated heterocycles. The number of likely N-dealkylation sites (tertiary alicyclic amines) is 2. The van der Waals surface area contributed by atoms with Crippen LogP contribution >= 0.6 is 0 Å². The molecule has 2 aliphatic heterocycles. The Morgan fingerprint density at radius 1 is 0.778 bits per heavy atom. The van der Waals surface area contributed by atoms with Gasteiger partial charge in [-0.15, -0.1) is 0 Å². The van der Waals surface area contributed by atoms with Gasteiger partial charge in [0.05, 0.1) is 43.0 Å². The number of amides is 3. The number of alkyl carbamates (subject to hydrolysis) is 1. The van der Waals surface area contributed by atoms with E-state index in [1.807, 2.05) is 58.0 Å². The molecule has 282 valence electrons. The number of fused-ring (bicyclic) bond motifs is 1. The van der Waals surface area contributed by atoms with Gasteiger partial charge in [0.25, 0.3) is 0 Å². The van der Waals surface area contributed by atoms with Crippen LogP contribution in [-0.4, -0.2) is 79.7 Å². The van der Waals surface area contributed by atoms with E-state index >= 15 is 0 Å². The molecule has 7 rings (SSSR count). The Morgan fingerprint density at radius 3 is 1.96 bits per heavy atom. The summed E-state index contributed by atoms with van der Waals surface area (Å²) in [7, 11) is 1.30. The molecule has 1 unspecified atom stereocenters. The Kier molecular flexibility index (Phi) is 10.2. The second kappa shape index (κ2) is 15.0.